The van der Waals surface area contributed by atoms with Gasteiger partial charge in [0.05, 0.1) is 4.90 Å². The molecule has 0 saturated carbocycles. The first-order valence-electron chi connectivity index (χ1n) is 7.50. The number of nitrogens with zero attached hydrogens (tertiary/aromatic N) is 1. The molecule has 2 N–H and O–H groups in total. The van der Waals surface area contributed by atoms with Crippen molar-refractivity contribution in [2.24, 2.45) is 5.92 Å². The molecule has 1 aliphatic rings. The van der Waals surface area contributed by atoms with Gasteiger partial charge < -0.3 is 10.2 Å². The van der Waals surface area contributed by atoms with Gasteiger partial charge >= 0.3 is 0 Å². The zero-order valence-electron chi connectivity index (χ0n) is 12.8. The topological polar surface area (TPSA) is 61.4 Å². The van der Waals surface area contributed by atoms with Crippen LogP contribution in [0.5, 0.6) is 0 Å². The van der Waals surface area contributed by atoms with Gasteiger partial charge in [-0.05, 0) is 50.2 Å². The summed E-state index contributed by atoms with van der Waals surface area (Å²) in [5, 5.41) is 3.03. The Bertz CT molecular complexity index is 560. The van der Waals surface area contributed by atoms with Crippen molar-refractivity contribution in [1.82, 2.24) is 14.9 Å². The molecule has 118 valence electrons. The third-order valence-corrected chi connectivity index (χ3v) is 5.39. The van der Waals surface area contributed by atoms with Crippen LogP contribution in [0.2, 0.25) is 0 Å². The van der Waals surface area contributed by atoms with Gasteiger partial charge in [-0.2, -0.15) is 0 Å². The van der Waals surface area contributed by atoms with Gasteiger partial charge in [-0.1, -0.05) is 19.1 Å². The van der Waals surface area contributed by atoms with E-state index < -0.39 is 10.0 Å². The molecule has 2 rings (SSSR count). The van der Waals surface area contributed by atoms with Crippen LogP contribution in [0.4, 0.5) is 0 Å². The van der Waals surface area contributed by atoms with Crippen molar-refractivity contribution in [2.45, 2.75) is 24.8 Å². The molecule has 1 atom stereocenters. The van der Waals surface area contributed by atoms with Crippen LogP contribution in [0.1, 0.15) is 18.9 Å². The van der Waals surface area contributed by atoms with Gasteiger partial charge in [-0.3, -0.25) is 0 Å². The summed E-state index contributed by atoms with van der Waals surface area (Å²) in [6, 6.07) is 7.08. The highest BCUT2D eigenvalue weighted by molar-refractivity contribution is 7.89. The fourth-order valence-corrected chi connectivity index (χ4v) is 3.89. The zero-order chi connectivity index (χ0) is 15.3. The van der Waals surface area contributed by atoms with E-state index in [1.807, 2.05) is 13.1 Å². The van der Waals surface area contributed by atoms with E-state index in [0.717, 1.165) is 31.6 Å². The van der Waals surface area contributed by atoms with E-state index in [9.17, 15) is 8.42 Å². The van der Waals surface area contributed by atoms with E-state index >= 15 is 0 Å². The van der Waals surface area contributed by atoms with Crippen molar-refractivity contribution >= 4 is 10.0 Å². The van der Waals surface area contributed by atoms with Crippen LogP contribution in [0.15, 0.2) is 29.2 Å². The minimum absolute atomic E-state index is 0.348. The number of hydrogen-bond donors (Lipinski definition) is 2. The molecule has 1 aromatic carbocycles. The molecule has 1 aromatic rings. The van der Waals surface area contributed by atoms with Crippen LogP contribution in [0, 0.1) is 5.92 Å². The molecule has 21 heavy (non-hydrogen) atoms. The van der Waals surface area contributed by atoms with Crippen molar-refractivity contribution in [1.29, 1.82) is 0 Å². The first-order valence-corrected chi connectivity index (χ1v) is 8.99. The second kappa shape index (κ2) is 7.35. The highest BCUT2D eigenvalue weighted by Crippen LogP contribution is 2.16. The smallest absolute Gasteiger partial charge is 0.240 e. The molecule has 0 aromatic heterocycles. The van der Waals surface area contributed by atoms with Crippen molar-refractivity contribution in [3.05, 3.63) is 29.8 Å². The maximum atomic E-state index is 12.4. The first-order chi connectivity index (χ1) is 10.0. The zero-order valence-corrected chi connectivity index (χ0v) is 13.6. The molecular weight excluding hydrogens is 286 g/mol. The summed E-state index contributed by atoms with van der Waals surface area (Å²) >= 11 is 0. The molecule has 1 unspecified atom stereocenters. The minimum Gasteiger partial charge on any atom is -0.316 e. The van der Waals surface area contributed by atoms with Crippen LogP contribution in [0.25, 0.3) is 0 Å². The van der Waals surface area contributed by atoms with Crippen LogP contribution >= 0.6 is 0 Å². The van der Waals surface area contributed by atoms with E-state index in [4.69, 9.17) is 0 Å². The summed E-state index contributed by atoms with van der Waals surface area (Å²) in [5.41, 5.74) is 0.971. The molecule has 6 heteroatoms. The molecule has 0 amide bonds. The van der Waals surface area contributed by atoms with Crippen molar-refractivity contribution in [2.75, 3.05) is 33.2 Å². The fourth-order valence-electron chi connectivity index (χ4n) is 2.70. The van der Waals surface area contributed by atoms with Gasteiger partial charge in [0, 0.05) is 19.6 Å². The van der Waals surface area contributed by atoms with Crippen LogP contribution in [0.3, 0.4) is 0 Å². The van der Waals surface area contributed by atoms with E-state index in [1.54, 1.807) is 18.2 Å². The molecular formula is C15H25N3O2S. The summed E-state index contributed by atoms with van der Waals surface area (Å²) in [7, 11) is -1.56. The molecule has 0 aliphatic carbocycles. The number of rotatable bonds is 7. The van der Waals surface area contributed by atoms with E-state index in [2.05, 4.69) is 21.9 Å². The van der Waals surface area contributed by atoms with Crippen molar-refractivity contribution in [3.8, 4) is 0 Å². The molecule has 1 saturated heterocycles. The molecule has 0 radical (unpaired) electrons. The van der Waals surface area contributed by atoms with Gasteiger partial charge in [0.15, 0.2) is 0 Å². The molecule has 0 bridgehead atoms. The van der Waals surface area contributed by atoms with Gasteiger partial charge in [-0.15, -0.1) is 0 Å². The lowest BCUT2D eigenvalue weighted by molar-refractivity contribution is 0.342. The summed E-state index contributed by atoms with van der Waals surface area (Å²) in [6.45, 7) is 6.42. The third-order valence-electron chi connectivity index (χ3n) is 3.97. The Morgan fingerprint density at radius 1 is 1.38 bits per heavy atom. The molecule has 1 fully saturated rings. The number of sulfonamides is 1. The summed E-state index contributed by atoms with van der Waals surface area (Å²) in [6.07, 6.45) is 1.07. The maximum absolute atomic E-state index is 12.4. The van der Waals surface area contributed by atoms with Crippen molar-refractivity contribution in [3.63, 3.8) is 0 Å². The number of benzene rings is 1. The van der Waals surface area contributed by atoms with Gasteiger partial charge in [0.2, 0.25) is 10.0 Å². The lowest BCUT2D eigenvalue weighted by Crippen LogP contribution is -2.31. The second-order valence-corrected chi connectivity index (χ2v) is 7.34. The SMILES string of the molecule is CCN1CCC(CNS(=O)(=O)c2cccc(CNC)c2)C1. The normalized spacial score (nSPS) is 20.0. The molecule has 1 heterocycles. The van der Waals surface area contributed by atoms with Crippen LogP contribution in [-0.2, 0) is 16.6 Å². The lowest BCUT2D eigenvalue weighted by Gasteiger charge is -2.14. The van der Waals surface area contributed by atoms with E-state index in [-0.39, 0.29) is 0 Å². The molecule has 0 spiro atoms. The van der Waals surface area contributed by atoms with Gasteiger partial charge in [-0.25, -0.2) is 13.1 Å². The Labute approximate surface area is 127 Å². The summed E-state index contributed by atoms with van der Waals surface area (Å²) < 4.78 is 27.5. The maximum Gasteiger partial charge on any atom is 0.240 e. The number of nitrogens with one attached hydrogen (secondary N) is 2. The molecule has 5 nitrogen and oxygen atoms in total. The molecule has 1 aliphatic heterocycles. The van der Waals surface area contributed by atoms with E-state index in [1.165, 1.54) is 0 Å². The fraction of sp³-hybridized carbons (Fsp3) is 0.600. The Morgan fingerprint density at radius 3 is 2.86 bits per heavy atom. The second-order valence-electron chi connectivity index (χ2n) is 5.58. The average molecular weight is 311 g/mol. The highest BCUT2D eigenvalue weighted by atomic mass is 32.2. The van der Waals surface area contributed by atoms with Crippen LogP contribution < -0.4 is 10.0 Å². The van der Waals surface area contributed by atoms with Crippen LogP contribution in [-0.4, -0.2) is 46.5 Å². The number of hydrogen-bond acceptors (Lipinski definition) is 4. The number of likely N-dealkylation sites (tertiary alicyclic amines) is 1. The standard InChI is InChI=1S/C15H25N3O2S/c1-3-18-8-7-14(12-18)11-17-21(19,20)15-6-4-5-13(9-15)10-16-2/h4-6,9,14,16-17H,3,7-8,10-12H2,1-2H3. The Kier molecular flexibility index (Phi) is 5.75. The van der Waals surface area contributed by atoms with Gasteiger partial charge in [0.25, 0.3) is 0 Å². The Morgan fingerprint density at radius 2 is 2.19 bits per heavy atom. The van der Waals surface area contributed by atoms with Gasteiger partial charge in [0.1, 0.15) is 0 Å². The minimum atomic E-state index is -3.41. The highest BCUT2D eigenvalue weighted by Gasteiger charge is 2.23. The average Bonchev–Trinajstić information content (AvgIpc) is 2.94. The largest absolute Gasteiger partial charge is 0.316 e. The first kappa shape index (κ1) is 16.4. The predicted octanol–water partition coefficient (Wildman–Crippen LogP) is 1.03. The van der Waals surface area contributed by atoms with E-state index in [0.29, 0.717) is 23.9 Å². The predicted molar refractivity (Wildman–Crippen MR) is 84.6 cm³/mol. The summed E-state index contributed by atoms with van der Waals surface area (Å²) in [4.78, 5) is 2.70. The quantitative estimate of drug-likeness (QED) is 0.789. The Hall–Kier alpha value is -0.950. The lowest BCUT2D eigenvalue weighted by atomic mass is 10.1. The van der Waals surface area contributed by atoms with Crippen molar-refractivity contribution < 1.29 is 8.42 Å². The third kappa shape index (κ3) is 4.51. The Balaban J connectivity index is 1.97. The monoisotopic (exact) mass is 311 g/mol. The summed E-state index contributed by atoms with van der Waals surface area (Å²) in [5.74, 6) is 0.417.